The monoisotopic (exact) mass is 455 g/mol. The number of ether oxygens (including phenoxy) is 1. The molecule has 0 radical (unpaired) electrons. The number of alkyl halides is 3. The third-order valence-electron chi connectivity index (χ3n) is 5.79. The van der Waals surface area contributed by atoms with Crippen LogP contribution < -0.4 is 9.64 Å². The summed E-state index contributed by atoms with van der Waals surface area (Å²) in [6, 6.07) is 12.4. The summed E-state index contributed by atoms with van der Waals surface area (Å²) in [6.07, 6.45) is -0.923. The van der Waals surface area contributed by atoms with E-state index in [1.165, 1.54) is 6.42 Å². The molecular formula is C24H29ClF3NO2. The predicted octanol–water partition coefficient (Wildman–Crippen LogP) is 7.00. The molecule has 1 saturated carbocycles. The summed E-state index contributed by atoms with van der Waals surface area (Å²) in [7, 11) is 0. The first-order chi connectivity index (χ1) is 14.8. The Hall–Kier alpha value is -1.92. The molecule has 1 atom stereocenters. The maximum Gasteiger partial charge on any atom is 0.416 e. The second-order valence-electron chi connectivity index (χ2n) is 8.17. The number of nitrogens with zero attached hydrogens (tertiary/aromatic N) is 1. The Labute approximate surface area is 186 Å². The molecule has 0 aliphatic heterocycles. The van der Waals surface area contributed by atoms with Crippen molar-refractivity contribution < 1.29 is 23.0 Å². The van der Waals surface area contributed by atoms with Gasteiger partial charge in [-0.3, -0.25) is 0 Å². The first-order valence-corrected chi connectivity index (χ1v) is 11.2. The molecule has 0 saturated heterocycles. The van der Waals surface area contributed by atoms with E-state index in [1.807, 2.05) is 13.0 Å². The van der Waals surface area contributed by atoms with E-state index in [2.05, 4.69) is 0 Å². The number of aryl methyl sites for hydroxylation is 1. The third kappa shape index (κ3) is 6.78. The third-order valence-corrected chi connectivity index (χ3v) is 6.16. The maximum absolute atomic E-state index is 13.1. The average Bonchev–Trinajstić information content (AvgIpc) is 2.75. The van der Waals surface area contributed by atoms with Crippen LogP contribution in [0.1, 0.15) is 44.6 Å². The molecule has 2 aromatic carbocycles. The summed E-state index contributed by atoms with van der Waals surface area (Å²) in [5.41, 5.74) is 1.57. The van der Waals surface area contributed by atoms with Gasteiger partial charge in [0.15, 0.2) is 6.10 Å². The number of aliphatic hydroxyl groups excluding tert-OH is 1. The lowest BCUT2D eigenvalue weighted by molar-refractivity contribution is -0.200. The lowest BCUT2D eigenvalue weighted by Gasteiger charge is -2.33. The molecule has 1 N–H and O–H groups in total. The van der Waals surface area contributed by atoms with Crippen LogP contribution in [0.25, 0.3) is 0 Å². The minimum Gasteiger partial charge on any atom is -0.457 e. The number of hydrogen-bond acceptors (Lipinski definition) is 3. The van der Waals surface area contributed by atoms with Gasteiger partial charge in [-0.1, -0.05) is 43.9 Å². The smallest absolute Gasteiger partial charge is 0.416 e. The van der Waals surface area contributed by atoms with Crippen LogP contribution in [-0.2, 0) is 6.42 Å². The summed E-state index contributed by atoms with van der Waals surface area (Å²) in [5, 5.41) is 10.4. The first kappa shape index (κ1) is 23.7. The van der Waals surface area contributed by atoms with Gasteiger partial charge in [0.25, 0.3) is 0 Å². The molecule has 1 aliphatic rings. The van der Waals surface area contributed by atoms with Gasteiger partial charge >= 0.3 is 6.18 Å². The zero-order chi connectivity index (χ0) is 22.4. The van der Waals surface area contributed by atoms with Crippen molar-refractivity contribution in [2.75, 3.05) is 18.0 Å². The van der Waals surface area contributed by atoms with E-state index < -0.39 is 18.8 Å². The summed E-state index contributed by atoms with van der Waals surface area (Å²) in [4.78, 5) is 1.64. The molecule has 1 unspecified atom stereocenters. The zero-order valence-corrected chi connectivity index (χ0v) is 18.4. The van der Waals surface area contributed by atoms with E-state index in [9.17, 15) is 18.3 Å². The molecule has 170 valence electrons. The van der Waals surface area contributed by atoms with Crippen molar-refractivity contribution in [2.45, 2.75) is 57.7 Å². The van der Waals surface area contributed by atoms with Crippen molar-refractivity contribution >= 4 is 17.3 Å². The highest BCUT2D eigenvalue weighted by atomic mass is 35.5. The van der Waals surface area contributed by atoms with Gasteiger partial charge in [0, 0.05) is 23.3 Å². The second kappa shape index (κ2) is 10.6. The minimum absolute atomic E-state index is 0.321. The largest absolute Gasteiger partial charge is 0.457 e. The van der Waals surface area contributed by atoms with Crippen LogP contribution in [0, 0.1) is 5.92 Å². The number of benzene rings is 2. The van der Waals surface area contributed by atoms with Gasteiger partial charge in [-0.05, 0) is 61.1 Å². The summed E-state index contributed by atoms with van der Waals surface area (Å²) >= 11 is 6.17. The Morgan fingerprint density at radius 2 is 1.81 bits per heavy atom. The number of anilines is 1. The minimum atomic E-state index is -4.65. The fourth-order valence-corrected chi connectivity index (χ4v) is 4.30. The van der Waals surface area contributed by atoms with E-state index in [0.29, 0.717) is 34.7 Å². The molecule has 3 rings (SSSR count). The Morgan fingerprint density at radius 3 is 2.48 bits per heavy atom. The Kier molecular flexibility index (Phi) is 8.11. The number of halogens is 4. The number of rotatable bonds is 8. The van der Waals surface area contributed by atoms with Crippen LogP contribution in [0.5, 0.6) is 11.5 Å². The van der Waals surface area contributed by atoms with Crippen LogP contribution in [0.15, 0.2) is 42.5 Å². The number of hydrogen-bond donors (Lipinski definition) is 1. The first-order valence-electron chi connectivity index (χ1n) is 10.8. The van der Waals surface area contributed by atoms with Crippen LogP contribution in [-0.4, -0.2) is 30.5 Å². The molecule has 0 heterocycles. The van der Waals surface area contributed by atoms with Gasteiger partial charge in [-0.2, -0.15) is 13.2 Å². The molecule has 1 aliphatic carbocycles. The van der Waals surface area contributed by atoms with E-state index >= 15 is 0 Å². The van der Waals surface area contributed by atoms with Crippen LogP contribution in [0.3, 0.4) is 0 Å². The standard InChI is InChI=1S/C24H29ClF3NO2/c1-2-18-13-21(11-12-22(18)25)31-20-10-6-9-19(14-20)29(16-23(30)24(26,27)28)15-17-7-4-3-5-8-17/h6,9-14,17,23,30H,2-5,7-8,15-16H2,1H3. The molecule has 31 heavy (non-hydrogen) atoms. The molecule has 0 amide bonds. The highest BCUT2D eigenvalue weighted by Crippen LogP contribution is 2.32. The molecule has 0 spiro atoms. The maximum atomic E-state index is 13.1. The fraction of sp³-hybridized carbons (Fsp3) is 0.500. The van der Waals surface area contributed by atoms with Crippen molar-refractivity contribution in [3.8, 4) is 11.5 Å². The van der Waals surface area contributed by atoms with Gasteiger partial charge in [-0.15, -0.1) is 0 Å². The summed E-state index contributed by atoms with van der Waals surface area (Å²) in [5.74, 6) is 1.46. The van der Waals surface area contributed by atoms with Gasteiger partial charge < -0.3 is 14.7 Å². The molecule has 1 fully saturated rings. The van der Waals surface area contributed by atoms with Crippen molar-refractivity contribution in [3.63, 3.8) is 0 Å². The van der Waals surface area contributed by atoms with E-state index in [1.54, 1.807) is 41.3 Å². The van der Waals surface area contributed by atoms with Gasteiger partial charge in [0.1, 0.15) is 11.5 Å². The average molecular weight is 456 g/mol. The number of aliphatic hydroxyl groups is 1. The Bertz CT molecular complexity index is 853. The van der Waals surface area contributed by atoms with E-state index in [0.717, 1.165) is 37.7 Å². The van der Waals surface area contributed by atoms with E-state index in [4.69, 9.17) is 16.3 Å². The fourth-order valence-electron chi connectivity index (χ4n) is 4.04. The second-order valence-corrected chi connectivity index (χ2v) is 8.58. The molecule has 2 aromatic rings. The summed E-state index contributed by atoms with van der Waals surface area (Å²) < 4.78 is 45.1. The highest BCUT2D eigenvalue weighted by Gasteiger charge is 2.39. The summed E-state index contributed by atoms with van der Waals surface area (Å²) in [6.45, 7) is 1.99. The van der Waals surface area contributed by atoms with Crippen molar-refractivity contribution in [1.82, 2.24) is 0 Å². The predicted molar refractivity (Wildman–Crippen MR) is 118 cm³/mol. The molecule has 7 heteroatoms. The molecule has 0 aromatic heterocycles. The quantitative estimate of drug-likeness (QED) is 0.465. The SMILES string of the molecule is CCc1cc(Oc2cccc(N(CC3CCCCC3)CC(O)C(F)(F)F)c2)ccc1Cl. The van der Waals surface area contributed by atoms with Crippen LogP contribution >= 0.6 is 11.6 Å². The lowest BCUT2D eigenvalue weighted by atomic mass is 9.88. The van der Waals surface area contributed by atoms with Gasteiger partial charge in [0.05, 0.1) is 6.54 Å². The van der Waals surface area contributed by atoms with Gasteiger partial charge in [0.2, 0.25) is 0 Å². The van der Waals surface area contributed by atoms with Crippen molar-refractivity contribution in [1.29, 1.82) is 0 Å². The zero-order valence-electron chi connectivity index (χ0n) is 17.7. The Morgan fingerprint density at radius 1 is 1.10 bits per heavy atom. The highest BCUT2D eigenvalue weighted by molar-refractivity contribution is 6.31. The molecule has 0 bridgehead atoms. The van der Waals surface area contributed by atoms with E-state index in [-0.39, 0.29) is 0 Å². The normalized spacial score (nSPS) is 16.2. The van der Waals surface area contributed by atoms with Crippen LogP contribution in [0.2, 0.25) is 5.02 Å². The van der Waals surface area contributed by atoms with Gasteiger partial charge in [-0.25, -0.2) is 0 Å². The van der Waals surface area contributed by atoms with Crippen LogP contribution in [0.4, 0.5) is 18.9 Å². The lowest BCUT2D eigenvalue weighted by Crippen LogP contribution is -2.43. The van der Waals surface area contributed by atoms with Crippen molar-refractivity contribution in [3.05, 3.63) is 53.1 Å². The molecular weight excluding hydrogens is 427 g/mol. The van der Waals surface area contributed by atoms with Crippen molar-refractivity contribution in [2.24, 2.45) is 5.92 Å². The molecule has 3 nitrogen and oxygen atoms in total. The Balaban J connectivity index is 1.81. The topological polar surface area (TPSA) is 32.7 Å².